The summed E-state index contributed by atoms with van der Waals surface area (Å²) in [6.07, 6.45) is 4.73. The van der Waals surface area contributed by atoms with Crippen LogP contribution in [0.25, 0.3) is 0 Å². The SMILES string of the molecule is COC(OC)C1CCI2N1CC=C(C)C1=CC(=O)O[C@@]12C. The number of nitrogens with zero attached hydrogens (tertiary/aromatic N) is 1. The van der Waals surface area contributed by atoms with Crippen LogP contribution in [0.5, 0.6) is 0 Å². The molecule has 1 saturated heterocycles. The van der Waals surface area contributed by atoms with E-state index in [4.69, 9.17) is 14.2 Å². The first kappa shape index (κ1) is 15.5. The van der Waals surface area contributed by atoms with E-state index in [1.54, 1.807) is 20.3 Å². The first-order chi connectivity index (χ1) is 10.0. The Morgan fingerprint density at radius 2 is 2.19 bits per heavy atom. The van der Waals surface area contributed by atoms with Gasteiger partial charge in [0.1, 0.15) is 0 Å². The Kier molecular flexibility index (Phi) is 4.15. The second-order valence-corrected chi connectivity index (χ2v) is 11.9. The molecule has 3 heterocycles. The van der Waals surface area contributed by atoms with Gasteiger partial charge in [-0.25, -0.2) is 0 Å². The second-order valence-electron chi connectivity index (χ2n) is 5.59. The van der Waals surface area contributed by atoms with Crippen LogP contribution < -0.4 is 0 Å². The molecule has 0 aliphatic carbocycles. The number of esters is 1. The summed E-state index contributed by atoms with van der Waals surface area (Å²) >= 11 is -1.68. The van der Waals surface area contributed by atoms with Crippen LogP contribution in [-0.4, -0.2) is 50.2 Å². The van der Waals surface area contributed by atoms with Crippen molar-refractivity contribution in [1.82, 2.24) is 3.11 Å². The van der Waals surface area contributed by atoms with E-state index < -0.39 is 23.7 Å². The Hall–Kier alpha value is -0.440. The Balaban J connectivity index is 1.96. The molecule has 6 heteroatoms. The van der Waals surface area contributed by atoms with Gasteiger partial charge in [-0.15, -0.1) is 0 Å². The zero-order valence-corrected chi connectivity index (χ0v) is 15.0. The van der Waals surface area contributed by atoms with Gasteiger partial charge in [0.15, 0.2) is 0 Å². The average Bonchev–Trinajstić information content (AvgIpc) is 2.97. The van der Waals surface area contributed by atoms with Gasteiger partial charge in [0, 0.05) is 0 Å². The third-order valence-corrected chi connectivity index (χ3v) is 11.9. The average molecular weight is 407 g/mol. The zero-order valence-electron chi connectivity index (χ0n) is 12.9. The van der Waals surface area contributed by atoms with E-state index in [1.165, 1.54) is 5.57 Å². The number of methoxy groups -OCH3 is 2. The molecular weight excluding hydrogens is 385 g/mol. The van der Waals surface area contributed by atoms with Gasteiger partial charge in [0.05, 0.1) is 0 Å². The molecular formula is C15H22INO4. The van der Waals surface area contributed by atoms with Crippen molar-refractivity contribution >= 4 is 26.1 Å². The molecule has 21 heavy (non-hydrogen) atoms. The van der Waals surface area contributed by atoms with Gasteiger partial charge in [0.2, 0.25) is 0 Å². The minimum absolute atomic E-state index is 0.196. The van der Waals surface area contributed by atoms with E-state index in [1.807, 2.05) is 0 Å². The summed E-state index contributed by atoms with van der Waals surface area (Å²) < 4.78 is 20.0. The van der Waals surface area contributed by atoms with Crippen LogP contribution >= 0.6 is 20.1 Å². The molecule has 0 spiro atoms. The van der Waals surface area contributed by atoms with Crippen LogP contribution in [0.2, 0.25) is 0 Å². The standard InChI is InChI=1S/C15H22INO4/c1-10-6-8-17-12(14(19-3)20-4)5-7-16(17)15(2)11(10)9-13(18)21-15/h6,9,12,14H,5,7-8H2,1-4H3/t12?,15-/m0/s1. The van der Waals surface area contributed by atoms with Crippen molar-refractivity contribution < 1.29 is 19.0 Å². The van der Waals surface area contributed by atoms with Crippen molar-refractivity contribution in [2.45, 2.75) is 36.2 Å². The van der Waals surface area contributed by atoms with Crippen molar-refractivity contribution in [3.63, 3.8) is 0 Å². The van der Waals surface area contributed by atoms with Crippen molar-refractivity contribution in [1.29, 1.82) is 0 Å². The molecule has 5 nitrogen and oxygen atoms in total. The summed E-state index contributed by atoms with van der Waals surface area (Å²) in [5.74, 6) is -0.196. The molecule has 3 rings (SSSR count). The number of rotatable bonds is 3. The van der Waals surface area contributed by atoms with Gasteiger partial charge in [-0.05, 0) is 0 Å². The molecule has 0 aromatic carbocycles. The van der Waals surface area contributed by atoms with Crippen LogP contribution in [0, 0.1) is 0 Å². The Morgan fingerprint density at radius 3 is 2.86 bits per heavy atom. The van der Waals surface area contributed by atoms with E-state index >= 15 is 0 Å². The van der Waals surface area contributed by atoms with Crippen LogP contribution in [0.15, 0.2) is 23.3 Å². The number of alkyl halides is 2. The molecule has 0 saturated carbocycles. The van der Waals surface area contributed by atoms with Gasteiger partial charge in [0.25, 0.3) is 0 Å². The number of halogens is 1. The molecule has 2 atom stereocenters. The fraction of sp³-hybridized carbons (Fsp3) is 0.667. The van der Waals surface area contributed by atoms with Crippen molar-refractivity contribution in [3.05, 3.63) is 23.3 Å². The van der Waals surface area contributed by atoms with Crippen LogP contribution in [0.4, 0.5) is 0 Å². The number of hydrogen-bond acceptors (Lipinski definition) is 5. The second kappa shape index (κ2) is 5.64. The van der Waals surface area contributed by atoms with Gasteiger partial charge >= 0.3 is 133 Å². The summed E-state index contributed by atoms with van der Waals surface area (Å²) in [7, 11) is 3.37. The Bertz CT molecular complexity index is 514. The van der Waals surface area contributed by atoms with E-state index in [9.17, 15) is 4.79 Å². The third kappa shape index (κ3) is 2.36. The zero-order chi connectivity index (χ0) is 15.2. The fourth-order valence-corrected chi connectivity index (χ4v) is 11.2. The number of hydrogen-bond donors (Lipinski definition) is 0. The summed E-state index contributed by atoms with van der Waals surface area (Å²) in [5, 5.41) is 0. The van der Waals surface area contributed by atoms with Gasteiger partial charge in [-0.3, -0.25) is 0 Å². The summed E-state index contributed by atoms with van der Waals surface area (Å²) in [4.78, 5) is 11.8. The van der Waals surface area contributed by atoms with Crippen molar-refractivity contribution in [2.75, 3.05) is 25.2 Å². The first-order valence-electron chi connectivity index (χ1n) is 7.12. The molecule has 0 radical (unpaired) electrons. The molecule has 1 fully saturated rings. The fourth-order valence-electron chi connectivity index (χ4n) is 3.38. The maximum absolute atomic E-state index is 11.8. The predicted octanol–water partition coefficient (Wildman–Crippen LogP) is 2.26. The monoisotopic (exact) mass is 407 g/mol. The van der Waals surface area contributed by atoms with E-state index in [-0.39, 0.29) is 18.3 Å². The number of fused-ring (bicyclic) bond motifs is 3. The summed E-state index contributed by atoms with van der Waals surface area (Å²) in [6.45, 7) is 5.07. The number of ether oxygens (including phenoxy) is 3. The van der Waals surface area contributed by atoms with Gasteiger partial charge in [-0.1, -0.05) is 0 Å². The molecule has 0 aromatic heterocycles. The Morgan fingerprint density at radius 1 is 1.48 bits per heavy atom. The molecule has 118 valence electrons. The van der Waals surface area contributed by atoms with Crippen LogP contribution in [-0.2, 0) is 19.0 Å². The topological polar surface area (TPSA) is 48.0 Å². The number of carbonyl (C=O) groups is 1. The quantitative estimate of drug-likeness (QED) is 0.236. The van der Waals surface area contributed by atoms with Gasteiger partial charge in [-0.2, -0.15) is 0 Å². The molecule has 3 aliphatic heterocycles. The molecule has 1 unspecified atom stereocenters. The van der Waals surface area contributed by atoms with Crippen LogP contribution in [0.1, 0.15) is 20.3 Å². The Labute approximate surface area is 133 Å². The normalized spacial score (nSPS) is 34.2. The summed E-state index contributed by atoms with van der Waals surface area (Å²) in [5.41, 5.74) is 2.26. The van der Waals surface area contributed by atoms with Crippen LogP contribution in [0.3, 0.4) is 0 Å². The molecule has 3 aliphatic rings. The van der Waals surface area contributed by atoms with Gasteiger partial charge < -0.3 is 0 Å². The first-order valence-corrected chi connectivity index (χ1v) is 10.7. The predicted molar refractivity (Wildman–Crippen MR) is 88.1 cm³/mol. The molecule has 0 aromatic rings. The number of carbonyl (C=O) groups excluding carboxylic acids is 1. The maximum atomic E-state index is 11.8. The van der Waals surface area contributed by atoms with E-state index in [0.717, 1.165) is 23.0 Å². The minimum atomic E-state index is -1.68. The molecule has 0 bridgehead atoms. The van der Waals surface area contributed by atoms with Crippen molar-refractivity contribution in [3.8, 4) is 0 Å². The molecule has 0 amide bonds. The third-order valence-electron chi connectivity index (χ3n) is 4.43. The van der Waals surface area contributed by atoms with Crippen molar-refractivity contribution in [2.24, 2.45) is 0 Å². The van der Waals surface area contributed by atoms with E-state index in [2.05, 4.69) is 23.0 Å². The van der Waals surface area contributed by atoms with E-state index in [0.29, 0.717) is 0 Å². The molecule has 0 N–H and O–H groups in total. The summed E-state index contributed by atoms with van der Waals surface area (Å²) in [6, 6.07) is 0.254.